The molecule has 2 amide bonds. The Morgan fingerprint density at radius 2 is 2.10 bits per heavy atom. The van der Waals surface area contributed by atoms with Crippen molar-refractivity contribution < 1.29 is 9.59 Å². The molecule has 1 N–H and O–H groups in total. The van der Waals surface area contributed by atoms with Crippen LogP contribution in [0.4, 0.5) is 0 Å². The zero-order valence-electron chi connectivity index (χ0n) is 12.3. The Balaban J connectivity index is 1.91. The van der Waals surface area contributed by atoms with Gasteiger partial charge >= 0.3 is 0 Å². The summed E-state index contributed by atoms with van der Waals surface area (Å²) in [6.07, 6.45) is 0.331. The van der Waals surface area contributed by atoms with Crippen molar-refractivity contribution in [3.05, 3.63) is 35.4 Å². The first-order valence-corrected chi connectivity index (χ1v) is 7.10. The molecule has 0 unspecified atom stereocenters. The number of likely N-dealkylation sites (tertiary alicyclic amines) is 1. The fourth-order valence-electron chi connectivity index (χ4n) is 2.54. The lowest BCUT2D eigenvalue weighted by atomic mass is 10.1. The number of carbonyl (C=O) groups excluding carboxylic acids is 2. The van der Waals surface area contributed by atoms with Crippen LogP contribution in [0, 0.1) is 12.8 Å². The molecule has 0 spiro atoms. The first-order chi connectivity index (χ1) is 9.49. The minimum absolute atomic E-state index is 0.0234. The van der Waals surface area contributed by atoms with E-state index in [1.807, 2.05) is 45.0 Å². The molecule has 2 rings (SSSR count). The molecule has 1 aliphatic rings. The monoisotopic (exact) mass is 274 g/mol. The average Bonchev–Trinajstić information content (AvgIpc) is 2.80. The molecule has 20 heavy (non-hydrogen) atoms. The summed E-state index contributed by atoms with van der Waals surface area (Å²) >= 11 is 0. The standard InChI is InChI=1S/C16H22N2O2/c1-11(2)18-10-14(8-15(18)19)16(20)17-9-13-7-5-4-6-12(13)3/h4-7,11,14H,8-10H2,1-3H3,(H,17,20)/t14-/m1/s1. The van der Waals surface area contributed by atoms with Gasteiger partial charge in [-0.3, -0.25) is 9.59 Å². The van der Waals surface area contributed by atoms with Crippen molar-refractivity contribution in [3.8, 4) is 0 Å². The summed E-state index contributed by atoms with van der Waals surface area (Å²) in [5.41, 5.74) is 2.28. The van der Waals surface area contributed by atoms with Gasteiger partial charge in [-0.15, -0.1) is 0 Å². The first kappa shape index (κ1) is 14.6. The van der Waals surface area contributed by atoms with Gasteiger partial charge in [0.15, 0.2) is 0 Å². The molecule has 1 saturated heterocycles. The van der Waals surface area contributed by atoms with Gasteiger partial charge in [-0.2, -0.15) is 0 Å². The lowest BCUT2D eigenvalue weighted by Gasteiger charge is -2.20. The van der Waals surface area contributed by atoms with Gasteiger partial charge < -0.3 is 10.2 Å². The van der Waals surface area contributed by atoms with E-state index >= 15 is 0 Å². The highest BCUT2D eigenvalue weighted by Crippen LogP contribution is 2.20. The fourth-order valence-corrected chi connectivity index (χ4v) is 2.54. The molecule has 1 aromatic rings. The van der Waals surface area contributed by atoms with E-state index in [0.29, 0.717) is 19.5 Å². The van der Waals surface area contributed by atoms with Gasteiger partial charge in [0.05, 0.1) is 5.92 Å². The van der Waals surface area contributed by atoms with Crippen LogP contribution >= 0.6 is 0 Å². The Bertz CT molecular complexity index is 511. The molecular weight excluding hydrogens is 252 g/mol. The lowest BCUT2D eigenvalue weighted by Crippen LogP contribution is -2.35. The van der Waals surface area contributed by atoms with Gasteiger partial charge in [-0.05, 0) is 31.9 Å². The Labute approximate surface area is 120 Å². The topological polar surface area (TPSA) is 49.4 Å². The Morgan fingerprint density at radius 3 is 2.70 bits per heavy atom. The third-order valence-corrected chi connectivity index (χ3v) is 3.87. The Morgan fingerprint density at radius 1 is 1.40 bits per heavy atom. The molecule has 0 radical (unpaired) electrons. The van der Waals surface area contributed by atoms with Crippen LogP contribution in [0.3, 0.4) is 0 Å². The molecule has 0 aliphatic carbocycles. The third-order valence-electron chi connectivity index (χ3n) is 3.87. The number of hydrogen-bond acceptors (Lipinski definition) is 2. The minimum Gasteiger partial charge on any atom is -0.352 e. The quantitative estimate of drug-likeness (QED) is 0.911. The molecule has 0 saturated carbocycles. The number of nitrogens with zero attached hydrogens (tertiary/aromatic N) is 1. The summed E-state index contributed by atoms with van der Waals surface area (Å²) < 4.78 is 0. The highest BCUT2D eigenvalue weighted by Gasteiger charge is 2.35. The summed E-state index contributed by atoms with van der Waals surface area (Å²) in [5, 5.41) is 2.94. The summed E-state index contributed by atoms with van der Waals surface area (Å²) in [7, 11) is 0. The van der Waals surface area contributed by atoms with E-state index in [0.717, 1.165) is 5.56 Å². The maximum atomic E-state index is 12.2. The van der Waals surface area contributed by atoms with Crippen LogP contribution in [0.25, 0.3) is 0 Å². The second-order valence-corrected chi connectivity index (χ2v) is 5.69. The molecule has 4 heteroatoms. The third kappa shape index (κ3) is 3.18. The van der Waals surface area contributed by atoms with Crippen molar-refractivity contribution in [1.82, 2.24) is 10.2 Å². The van der Waals surface area contributed by atoms with Crippen LogP contribution in [0.15, 0.2) is 24.3 Å². The van der Waals surface area contributed by atoms with Crippen molar-refractivity contribution >= 4 is 11.8 Å². The van der Waals surface area contributed by atoms with Crippen molar-refractivity contribution in [2.75, 3.05) is 6.54 Å². The second-order valence-electron chi connectivity index (χ2n) is 5.69. The molecule has 1 fully saturated rings. The van der Waals surface area contributed by atoms with Crippen molar-refractivity contribution in [2.24, 2.45) is 5.92 Å². The van der Waals surface area contributed by atoms with Crippen LogP contribution in [0.1, 0.15) is 31.4 Å². The molecule has 1 aromatic carbocycles. The van der Waals surface area contributed by atoms with E-state index in [1.165, 1.54) is 5.56 Å². The minimum atomic E-state index is -0.214. The molecule has 0 aromatic heterocycles. The number of carbonyl (C=O) groups is 2. The smallest absolute Gasteiger partial charge is 0.225 e. The zero-order valence-corrected chi connectivity index (χ0v) is 12.3. The number of amides is 2. The lowest BCUT2D eigenvalue weighted by molar-refractivity contribution is -0.130. The van der Waals surface area contributed by atoms with Crippen LogP contribution < -0.4 is 5.32 Å². The summed E-state index contributed by atoms with van der Waals surface area (Å²) in [6, 6.07) is 8.15. The molecular formula is C16H22N2O2. The highest BCUT2D eigenvalue weighted by atomic mass is 16.2. The van der Waals surface area contributed by atoms with Crippen LogP contribution in [-0.2, 0) is 16.1 Å². The van der Waals surface area contributed by atoms with Gasteiger partial charge in [-0.1, -0.05) is 24.3 Å². The zero-order chi connectivity index (χ0) is 14.7. The average molecular weight is 274 g/mol. The maximum absolute atomic E-state index is 12.2. The van der Waals surface area contributed by atoms with Crippen molar-refractivity contribution in [2.45, 2.75) is 39.8 Å². The van der Waals surface area contributed by atoms with Gasteiger partial charge in [-0.25, -0.2) is 0 Å². The van der Waals surface area contributed by atoms with Crippen molar-refractivity contribution in [1.29, 1.82) is 0 Å². The van der Waals surface area contributed by atoms with E-state index in [-0.39, 0.29) is 23.8 Å². The van der Waals surface area contributed by atoms with Crippen LogP contribution in [0.5, 0.6) is 0 Å². The molecule has 108 valence electrons. The largest absolute Gasteiger partial charge is 0.352 e. The van der Waals surface area contributed by atoms with E-state index in [1.54, 1.807) is 4.90 Å². The number of aryl methyl sites for hydroxylation is 1. The SMILES string of the molecule is Cc1ccccc1CNC(=O)[C@@H]1CC(=O)N(C(C)C)C1. The molecule has 1 atom stereocenters. The summed E-state index contributed by atoms with van der Waals surface area (Å²) in [6.45, 7) is 7.05. The molecule has 1 aliphatic heterocycles. The van der Waals surface area contributed by atoms with Gasteiger partial charge in [0.2, 0.25) is 11.8 Å². The van der Waals surface area contributed by atoms with E-state index in [4.69, 9.17) is 0 Å². The second kappa shape index (κ2) is 6.07. The molecule has 0 bridgehead atoms. The fraction of sp³-hybridized carbons (Fsp3) is 0.500. The predicted molar refractivity (Wildman–Crippen MR) is 78.0 cm³/mol. The normalized spacial score (nSPS) is 18.7. The molecule has 4 nitrogen and oxygen atoms in total. The summed E-state index contributed by atoms with van der Waals surface area (Å²) in [5.74, 6) is -0.158. The maximum Gasteiger partial charge on any atom is 0.225 e. The Kier molecular flexibility index (Phi) is 4.42. The van der Waals surface area contributed by atoms with Crippen LogP contribution in [-0.4, -0.2) is 29.3 Å². The predicted octanol–water partition coefficient (Wildman–Crippen LogP) is 1.87. The number of rotatable bonds is 4. The molecule has 1 heterocycles. The van der Waals surface area contributed by atoms with Crippen LogP contribution in [0.2, 0.25) is 0 Å². The van der Waals surface area contributed by atoms with Crippen molar-refractivity contribution in [3.63, 3.8) is 0 Å². The van der Waals surface area contributed by atoms with Gasteiger partial charge in [0.1, 0.15) is 0 Å². The van der Waals surface area contributed by atoms with E-state index < -0.39 is 0 Å². The Hall–Kier alpha value is -1.84. The first-order valence-electron chi connectivity index (χ1n) is 7.10. The van der Waals surface area contributed by atoms with E-state index in [9.17, 15) is 9.59 Å². The summed E-state index contributed by atoms with van der Waals surface area (Å²) in [4.78, 5) is 25.7. The van der Waals surface area contributed by atoms with E-state index in [2.05, 4.69) is 5.32 Å². The number of hydrogen-bond donors (Lipinski definition) is 1. The number of benzene rings is 1. The van der Waals surface area contributed by atoms with Gasteiger partial charge in [0, 0.05) is 25.6 Å². The highest BCUT2D eigenvalue weighted by molar-refractivity contribution is 5.89. The number of nitrogens with one attached hydrogen (secondary N) is 1. The van der Waals surface area contributed by atoms with Gasteiger partial charge in [0.25, 0.3) is 0 Å².